The zero-order chi connectivity index (χ0) is 10.1. The Kier molecular flexibility index (Phi) is 6.85. The largest absolute Gasteiger partial charge is 1.00 e. The van der Waals surface area contributed by atoms with E-state index in [1.807, 2.05) is 0 Å². The van der Waals surface area contributed by atoms with Crippen LogP contribution in [0.1, 0.15) is 13.8 Å². The van der Waals surface area contributed by atoms with E-state index in [1.54, 1.807) is 13.8 Å². The van der Waals surface area contributed by atoms with Crippen LogP contribution in [0.2, 0.25) is 0 Å². The van der Waals surface area contributed by atoms with Crippen LogP contribution in [-0.2, 0) is 4.74 Å². The SMILES string of the molecule is CC1CN(C[B-](F)(F)F)CC(C)O1.[K+]. The van der Waals surface area contributed by atoms with Crippen LogP contribution in [0.4, 0.5) is 12.9 Å². The number of nitrogens with zero attached hydrogens (tertiary/aromatic N) is 1. The minimum absolute atomic E-state index is 0. The molecule has 0 N–H and O–H groups in total. The fourth-order valence-electron chi connectivity index (χ4n) is 1.73. The first-order chi connectivity index (χ1) is 5.87. The molecule has 1 heterocycles. The Bertz CT molecular complexity index is 171. The third kappa shape index (κ3) is 6.09. The summed E-state index contributed by atoms with van der Waals surface area (Å²) in [6.45, 7) is -0.344. The van der Waals surface area contributed by atoms with Gasteiger partial charge in [-0.2, -0.15) is 0 Å². The Balaban J connectivity index is 0.00000169. The first-order valence-corrected chi connectivity index (χ1v) is 4.45. The van der Waals surface area contributed by atoms with Gasteiger partial charge in [0.2, 0.25) is 0 Å². The van der Waals surface area contributed by atoms with Gasteiger partial charge in [0.1, 0.15) is 0 Å². The van der Waals surface area contributed by atoms with E-state index < -0.39 is 13.4 Å². The summed E-state index contributed by atoms with van der Waals surface area (Å²) in [5.74, 6) is 0. The van der Waals surface area contributed by atoms with Crippen molar-refractivity contribution >= 4 is 6.98 Å². The predicted octanol–water partition coefficient (Wildman–Crippen LogP) is -1.51. The standard InChI is InChI=1S/C7H14BF3NO.K/c1-6-3-12(4-7(2)13-6)5-8(9,10)11;/h6-7H,3-5H2,1-2H3;/q-1;+1. The molecule has 0 spiro atoms. The van der Waals surface area contributed by atoms with E-state index in [0.717, 1.165) is 0 Å². The number of ether oxygens (including phenoxy) is 1. The smallest absolute Gasteiger partial charge is 0.448 e. The van der Waals surface area contributed by atoms with E-state index in [4.69, 9.17) is 4.74 Å². The van der Waals surface area contributed by atoms with E-state index in [2.05, 4.69) is 0 Å². The van der Waals surface area contributed by atoms with Gasteiger partial charge in [0.25, 0.3) is 0 Å². The zero-order valence-electron chi connectivity index (χ0n) is 8.84. The van der Waals surface area contributed by atoms with Crippen molar-refractivity contribution in [1.29, 1.82) is 0 Å². The van der Waals surface area contributed by atoms with Gasteiger partial charge >= 0.3 is 58.4 Å². The average Bonchev–Trinajstić information content (AvgIpc) is 1.78. The molecule has 1 aliphatic rings. The summed E-state index contributed by atoms with van der Waals surface area (Å²) in [4.78, 5) is 1.42. The molecule has 0 aliphatic carbocycles. The minimum atomic E-state index is -4.70. The van der Waals surface area contributed by atoms with Crippen LogP contribution in [0.15, 0.2) is 0 Å². The van der Waals surface area contributed by atoms with Crippen LogP contribution >= 0.6 is 0 Å². The molecular weight excluding hydrogens is 221 g/mol. The molecule has 2 nitrogen and oxygen atoms in total. The first-order valence-electron chi connectivity index (χ1n) is 4.45. The van der Waals surface area contributed by atoms with Gasteiger partial charge in [-0.05, 0) is 20.3 Å². The molecule has 0 bridgehead atoms. The van der Waals surface area contributed by atoms with Crippen LogP contribution < -0.4 is 51.4 Å². The van der Waals surface area contributed by atoms with Crippen molar-refractivity contribution in [2.45, 2.75) is 26.1 Å². The second-order valence-corrected chi connectivity index (χ2v) is 3.69. The fraction of sp³-hybridized carbons (Fsp3) is 1.00. The Morgan fingerprint density at radius 2 is 1.64 bits per heavy atom. The van der Waals surface area contributed by atoms with Crippen LogP contribution in [0.3, 0.4) is 0 Å². The third-order valence-corrected chi connectivity index (χ3v) is 1.96. The number of rotatable bonds is 2. The second-order valence-electron chi connectivity index (χ2n) is 3.69. The van der Waals surface area contributed by atoms with Gasteiger partial charge in [-0.3, -0.25) is 0 Å². The van der Waals surface area contributed by atoms with Crippen LogP contribution in [0.5, 0.6) is 0 Å². The minimum Gasteiger partial charge on any atom is -0.448 e. The summed E-state index contributed by atoms with van der Waals surface area (Å²) >= 11 is 0. The summed E-state index contributed by atoms with van der Waals surface area (Å²) in [7, 11) is 0. The number of hydrogen-bond donors (Lipinski definition) is 0. The molecule has 0 aromatic heterocycles. The van der Waals surface area contributed by atoms with Crippen molar-refractivity contribution < 1.29 is 69.1 Å². The predicted molar refractivity (Wildman–Crippen MR) is 45.5 cm³/mol. The maximum Gasteiger partial charge on any atom is 1.00 e. The van der Waals surface area contributed by atoms with Crippen molar-refractivity contribution in [2.75, 3.05) is 19.5 Å². The summed E-state index contributed by atoms with van der Waals surface area (Å²) < 4.78 is 41.6. The maximum atomic E-state index is 12.1. The molecular formula is C7H14BF3KNO. The molecule has 1 saturated heterocycles. The molecule has 7 heteroatoms. The van der Waals surface area contributed by atoms with E-state index >= 15 is 0 Å². The molecule has 78 valence electrons. The monoisotopic (exact) mass is 235 g/mol. The molecule has 1 aliphatic heterocycles. The molecule has 0 amide bonds. The number of hydrogen-bond acceptors (Lipinski definition) is 2. The topological polar surface area (TPSA) is 12.5 Å². The van der Waals surface area contributed by atoms with Gasteiger partial charge in [0, 0.05) is 13.1 Å². The average molecular weight is 235 g/mol. The van der Waals surface area contributed by atoms with Gasteiger partial charge < -0.3 is 22.6 Å². The molecule has 1 fully saturated rings. The zero-order valence-corrected chi connectivity index (χ0v) is 12.0. The third-order valence-electron chi connectivity index (χ3n) is 1.96. The van der Waals surface area contributed by atoms with E-state index in [1.165, 1.54) is 4.90 Å². The molecule has 0 aromatic rings. The van der Waals surface area contributed by atoms with Crippen molar-refractivity contribution in [2.24, 2.45) is 0 Å². The van der Waals surface area contributed by atoms with Gasteiger partial charge in [-0.15, -0.1) is 0 Å². The Morgan fingerprint density at radius 1 is 1.21 bits per heavy atom. The maximum absolute atomic E-state index is 12.1. The van der Waals surface area contributed by atoms with E-state index in [-0.39, 0.29) is 63.6 Å². The van der Waals surface area contributed by atoms with Gasteiger partial charge in [0.15, 0.2) is 0 Å². The molecule has 1 rings (SSSR count). The molecule has 14 heavy (non-hydrogen) atoms. The van der Waals surface area contributed by atoms with Gasteiger partial charge in [-0.25, -0.2) is 0 Å². The summed E-state index contributed by atoms with van der Waals surface area (Å²) in [5.41, 5.74) is 0. The summed E-state index contributed by atoms with van der Waals surface area (Å²) in [6.07, 6.45) is -0.957. The second kappa shape index (κ2) is 6.22. The summed E-state index contributed by atoms with van der Waals surface area (Å²) in [5, 5.41) is 0. The van der Waals surface area contributed by atoms with Crippen molar-refractivity contribution in [1.82, 2.24) is 4.90 Å². The number of halogens is 3. The van der Waals surface area contributed by atoms with Crippen LogP contribution in [0.25, 0.3) is 0 Å². The van der Waals surface area contributed by atoms with Crippen LogP contribution in [-0.4, -0.2) is 43.6 Å². The Labute approximate surface area is 125 Å². The number of morpholine rings is 1. The molecule has 0 saturated carbocycles. The first kappa shape index (κ1) is 15.4. The molecule has 2 unspecified atom stereocenters. The fourth-order valence-corrected chi connectivity index (χ4v) is 1.73. The molecule has 0 aromatic carbocycles. The van der Waals surface area contributed by atoms with E-state index in [0.29, 0.717) is 13.1 Å². The van der Waals surface area contributed by atoms with Gasteiger partial charge in [0.05, 0.1) is 12.2 Å². The van der Waals surface area contributed by atoms with E-state index in [9.17, 15) is 12.9 Å². The Hall–Kier alpha value is 1.41. The van der Waals surface area contributed by atoms with Gasteiger partial charge in [-0.1, -0.05) is 0 Å². The normalized spacial score (nSPS) is 29.8. The van der Waals surface area contributed by atoms with Crippen molar-refractivity contribution in [3.63, 3.8) is 0 Å². The van der Waals surface area contributed by atoms with Crippen molar-refractivity contribution in [3.05, 3.63) is 0 Å². The molecule has 2 atom stereocenters. The van der Waals surface area contributed by atoms with Crippen molar-refractivity contribution in [3.8, 4) is 0 Å². The Morgan fingerprint density at radius 3 is 2.00 bits per heavy atom. The molecule has 0 radical (unpaired) electrons. The quantitative estimate of drug-likeness (QED) is 0.539. The summed E-state index contributed by atoms with van der Waals surface area (Å²) in [6, 6.07) is 0. The van der Waals surface area contributed by atoms with Crippen LogP contribution in [0, 0.1) is 0 Å².